The summed E-state index contributed by atoms with van der Waals surface area (Å²) in [4.78, 5) is 0. The fourth-order valence-corrected chi connectivity index (χ4v) is 14.1. The van der Waals surface area contributed by atoms with Crippen LogP contribution in [0.3, 0.4) is 0 Å². The number of rotatable bonds is 12. The van der Waals surface area contributed by atoms with Gasteiger partial charge in [0.15, 0.2) is 0 Å². The number of hydrogen-bond donors (Lipinski definition) is 0. The van der Waals surface area contributed by atoms with Gasteiger partial charge in [-0.15, -0.1) is 0 Å². The van der Waals surface area contributed by atoms with Gasteiger partial charge in [0.1, 0.15) is 0 Å². The lowest BCUT2D eigenvalue weighted by molar-refractivity contribution is 0.761. The van der Waals surface area contributed by atoms with Crippen molar-refractivity contribution in [3.8, 4) is 22.3 Å². The molecule has 0 aliphatic heterocycles. The van der Waals surface area contributed by atoms with Gasteiger partial charge in [-0.2, -0.15) is 0 Å². The van der Waals surface area contributed by atoms with Gasteiger partial charge in [-0.05, 0) is 223 Å². The summed E-state index contributed by atoms with van der Waals surface area (Å²) in [6.45, 7) is 0. The summed E-state index contributed by atoms with van der Waals surface area (Å²) >= 11 is 0. The molecule has 0 aromatic heterocycles. The van der Waals surface area contributed by atoms with Gasteiger partial charge in [0.2, 0.25) is 0 Å². The molecule has 0 radical (unpaired) electrons. The lowest BCUT2D eigenvalue weighted by Gasteiger charge is -2.31. The van der Waals surface area contributed by atoms with Gasteiger partial charge >= 0.3 is 0 Å². The molecular formula is C81H68. The lowest BCUT2D eigenvalue weighted by Crippen LogP contribution is -2.26. The quantitative estimate of drug-likeness (QED) is 0.107. The van der Waals surface area contributed by atoms with E-state index in [1.165, 1.54) is 122 Å². The van der Waals surface area contributed by atoms with Crippen LogP contribution in [0.5, 0.6) is 0 Å². The predicted octanol–water partition coefficient (Wildman–Crippen LogP) is 21.2. The Morgan fingerprint density at radius 3 is 1.30 bits per heavy atom. The van der Waals surface area contributed by atoms with Crippen LogP contribution < -0.4 is 0 Å². The second kappa shape index (κ2) is 22.4. The number of allylic oxidation sites excluding steroid dienone is 28. The molecule has 0 amide bonds. The van der Waals surface area contributed by atoms with Crippen LogP contribution in [0.2, 0.25) is 0 Å². The molecule has 3 atom stereocenters. The van der Waals surface area contributed by atoms with E-state index in [2.05, 4.69) is 279 Å². The molecule has 14 rings (SSSR count). The van der Waals surface area contributed by atoms with Gasteiger partial charge in [-0.1, -0.05) is 243 Å². The lowest BCUT2D eigenvalue weighted by atomic mass is 9.69. The standard InChI is InChI=1S/C81H68/c1-9-25-61(26-10-1)73(62-27-11-2-12-28-62)49-57-41-45-69-70-46-42-58(50-74(63-29-13-3-14-30-63)64-31-15-4-16-32-64)54-78(70)81(77(69)53-57)79-55-59(51-75(65-33-17-5-18-34-65)66-35-19-6-20-36-66)43-47-71(79)72-48-44-60(56-80(72)81)52-76(67-37-21-7-22-38-67)68-39-23-8-24-40-68/h1-7,9-11,13-15,17-21,23,25-27,29,31,33-35,37,39-56,63,66H,8,12,16,22,24,28,30,32,36,38H2. The highest BCUT2D eigenvalue weighted by atomic mass is 14.5. The topological polar surface area (TPSA) is 0 Å². The predicted molar refractivity (Wildman–Crippen MR) is 346 cm³/mol. The molecule has 81 heavy (non-hydrogen) atoms. The van der Waals surface area contributed by atoms with E-state index >= 15 is 0 Å². The molecule has 1 spiro atoms. The van der Waals surface area contributed by atoms with E-state index in [0.717, 1.165) is 64.2 Å². The molecule has 0 N–H and O–H groups in total. The molecule has 0 nitrogen and oxygen atoms in total. The third-order valence-corrected chi connectivity index (χ3v) is 18.0. The second-order valence-electron chi connectivity index (χ2n) is 22.9. The molecule has 3 unspecified atom stereocenters. The van der Waals surface area contributed by atoms with Crippen LogP contribution in [0.15, 0.2) is 288 Å². The normalized spacial score (nSPS) is 21.6. The van der Waals surface area contributed by atoms with Crippen LogP contribution >= 0.6 is 0 Å². The van der Waals surface area contributed by atoms with Gasteiger partial charge in [0.05, 0.1) is 5.41 Å². The van der Waals surface area contributed by atoms with E-state index < -0.39 is 5.41 Å². The molecule has 0 heteroatoms. The molecule has 6 aromatic rings. The molecule has 0 saturated carbocycles. The van der Waals surface area contributed by atoms with Crippen LogP contribution in [0.1, 0.15) is 120 Å². The van der Waals surface area contributed by atoms with E-state index in [1.807, 2.05) is 0 Å². The zero-order chi connectivity index (χ0) is 54.0. The highest BCUT2D eigenvalue weighted by molar-refractivity contribution is 5.99. The smallest absolute Gasteiger partial charge is 0.0726 e. The fourth-order valence-electron chi connectivity index (χ4n) is 14.1. The van der Waals surface area contributed by atoms with Gasteiger partial charge in [0.25, 0.3) is 0 Å². The first kappa shape index (κ1) is 50.4. The second-order valence-corrected chi connectivity index (χ2v) is 22.9. The zero-order valence-corrected chi connectivity index (χ0v) is 46.3. The van der Waals surface area contributed by atoms with Crippen molar-refractivity contribution in [2.45, 2.75) is 69.6 Å². The molecule has 6 aromatic carbocycles. The third kappa shape index (κ3) is 9.72. The summed E-state index contributed by atoms with van der Waals surface area (Å²) in [5, 5.41) is 0. The number of hydrogen-bond acceptors (Lipinski definition) is 0. The Morgan fingerprint density at radius 1 is 0.370 bits per heavy atom. The van der Waals surface area contributed by atoms with E-state index in [1.54, 1.807) is 0 Å². The molecule has 0 heterocycles. The molecule has 8 aliphatic carbocycles. The van der Waals surface area contributed by atoms with Crippen molar-refractivity contribution >= 4 is 35.5 Å². The van der Waals surface area contributed by atoms with Crippen molar-refractivity contribution in [1.82, 2.24) is 0 Å². The van der Waals surface area contributed by atoms with E-state index in [4.69, 9.17) is 0 Å². The molecule has 0 saturated heterocycles. The summed E-state index contributed by atoms with van der Waals surface area (Å²) in [5.41, 5.74) is 28.4. The minimum atomic E-state index is -0.644. The zero-order valence-electron chi connectivity index (χ0n) is 46.3. The summed E-state index contributed by atoms with van der Waals surface area (Å²) in [6, 6.07) is 51.9. The van der Waals surface area contributed by atoms with Crippen molar-refractivity contribution in [2.75, 3.05) is 0 Å². The summed E-state index contributed by atoms with van der Waals surface area (Å²) in [6.07, 6.45) is 66.7. The maximum absolute atomic E-state index is 2.60. The average molecular weight is 1040 g/mol. The largest absolute Gasteiger partial charge is 0.0842 e. The molecule has 392 valence electrons. The molecule has 0 fully saturated rings. The molecule has 0 bridgehead atoms. The number of benzene rings is 6. The van der Waals surface area contributed by atoms with Crippen molar-refractivity contribution in [1.29, 1.82) is 0 Å². The first-order valence-electron chi connectivity index (χ1n) is 29.8. The highest BCUT2D eigenvalue weighted by Gasteiger charge is 2.52. The van der Waals surface area contributed by atoms with Crippen molar-refractivity contribution in [3.63, 3.8) is 0 Å². The first-order chi connectivity index (χ1) is 40.2. The molecule has 8 aliphatic rings. The Labute approximate surface area is 480 Å². The Morgan fingerprint density at radius 2 is 0.827 bits per heavy atom. The van der Waals surface area contributed by atoms with E-state index in [0.29, 0.717) is 5.92 Å². The average Bonchev–Trinajstić information content (AvgIpc) is 4.07. The Kier molecular flexibility index (Phi) is 13.9. The van der Waals surface area contributed by atoms with Crippen LogP contribution in [-0.2, 0) is 5.41 Å². The third-order valence-electron chi connectivity index (χ3n) is 18.0. The highest BCUT2D eigenvalue weighted by Crippen LogP contribution is 2.64. The Hall–Kier alpha value is -8.84. The van der Waals surface area contributed by atoms with Gasteiger partial charge in [-0.3, -0.25) is 0 Å². The fraction of sp³-hybridized carbons (Fsp3) is 0.160. The van der Waals surface area contributed by atoms with Crippen molar-refractivity contribution in [2.24, 2.45) is 11.8 Å². The molecular weight excluding hydrogens is 973 g/mol. The Balaban J connectivity index is 1.05. The van der Waals surface area contributed by atoms with E-state index in [9.17, 15) is 0 Å². The maximum Gasteiger partial charge on any atom is 0.0726 e. The monoisotopic (exact) mass is 1040 g/mol. The minimum absolute atomic E-state index is 0.271. The van der Waals surface area contributed by atoms with E-state index in [-0.39, 0.29) is 5.92 Å². The summed E-state index contributed by atoms with van der Waals surface area (Å²) < 4.78 is 0. The summed E-state index contributed by atoms with van der Waals surface area (Å²) in [7, 11) is 0. The van der Waals surface area contributed by atoms with Gasteiger partial charge in [-0.25, -0.2) is 0 Å². The summed E-state index contributed by atoms with van der Waals surface area (Å²) in [5.74, 6) is 0.589. The number of fused-ring (bicyclic) bond motifs is 10. The van der Waals surface area contributed by atoms with Crippen LogP contribution in [0, 0.1) is 11.8 Å². The minimum Gasteiger partial charge on any atom is -0.0842 e. The SMILES string of the molecule is C1=CCCC(C(=Cc2ccc3c(c2)C2(c4cc(C=C(C5=CC=CCC5)c5ccccc5)ccc4-c4ccc(C=C(C5=CC=CCC5)C5C=CC=CC5)cc42)c2cc(C=C(c4ccccc4)C4C=CC=CC4)ccc2-3)C2=CCCC=C2)=C1. The van der Waals surface area contributed by atoms with Crippen LogP contribution in [-0.4, -0.2) is 0 Å². The van der Waals surface area contributed by atoms with Crippen molar-refractivity contribution < 1.29 is 0 Å². The van der Waals surface area contributed by atoms with Crippen molar-refractivity contribution in [3.05, 3.63) is 344 Å². The maximum atomic E-state index is 2.60. The van der Waals surface area contributed by atoms with Crippen LogP contribution in [0.4, 0.5) is 0 Å². The Bertz CT molecular complexity index is 4010. The first-order valence-corrected chi connectivity index (χ1v) is 29.8. The van der Waals surface area contributed by atoms with Gasteiger partial charge < -0.3 is 0 Å². The van der Waals surface area contributed by atoms with Gasteiger partial charge in [0, 0.05) is 11.8 Å². The van der Waals surface area contributed by atoms with Crippen LogP contribution in [0.25, 0.3) is 57.7 Å².